The Balaban J connectivity index is 1.54. The molecule has 2 aliphatic rings. The van der Waals surface area contributed by atoms with Crippen LogP contribution in [0, 0.1) is 0 Å². The number of aromatic hydroxyl groups is 1. The highest BCUT2D eigenvalue weighted by atomic mass is 35.5. The lowest BCUT2D eigenvalue weighted by molar-refractivity contribution is -0.137. The van der Waals surface area contributed by atoms with E-state index >= 15 is 0 Å². The van der Waals surface area contributed by atoms with Crippen LogP contribution in [0.15, 0.2) is 72.3 Å². The topological polar surface area (TPSA) is 72.4 Å². The van der Waals surface area contributed by atoms with E-state index in [-0.39, 0.29) is 20.8 Å². The van der Waals surface area contributed by atoms with E-state index in [0.717, 1.165) is 61.6 Å². The molecule has 4 aromatic rings. The molecular weight excluding hydrogens is 527 g/mol. The number of pyridine rings is 1. The molecule has 0 saturated heterocycles. The molecule has 37 heavy (non-hydrogen) atoms. The van der Waals surface area contributed by atoms with Crippen LogP contribution in [0.25, 0.3) is 16.7 Å². The summed E-state index contributed by atoms with van der Waals surface area (Å²) in [6, 6.07) is 11.2. The van der Waals surface area contributed by atoms with Gasteiger partial charge < -0.3 is 9.52 Å². The second-order valence-electron chi connectivity index (χ2n) is 9.41. The van der Waals surface area contributed by atoms with Gasteiger partial charge in [-0.15, -0.1) is 0 Å². The minimum Gasteiger partial charge on any atom is -0.505 e. The molecule has 1 saturated carbocycles. The fourth-order valence-corrected chi connectivity index (χ4v) is 6.66. The van der Waals surface area contributed by atoms with Gasteiger partial charge in [0.05, 0.1) is 11.3 Å². The molecule has 0 amide bonds. The molecule has 0 unspecified atom stereocenters. The van der Waals surface area contributed by atoms with Gasteiger partial charge in [-0.1, -0.05) is 42.6 Å². The molecule has 1 fully saturated rings. The first-order valence-corrected chi connectivity index (χ1v) is 12.9. The van der Waals surface area contributed by atoms with Gasteiger partial charge in [-0.25, -0.2) is 4.79 Å². The normalized spacial score (nSPS) is 16.2. The van der Waals surface area contributed by atoms with Crippen LogP contribution in [0.4, 0.5) is 13.2 Å². The van der Waals surface area contributed by atoms with Crippen molar-refractivity contribution in [3.05, 3.63) is 91.1 Å². The number of hydrogen-bond acceptors (Lipinski definition) is 5. The van der Waals surface area contributed by atoms with E-state index in [1.54, 1.807) is 22.8 Å². The molecule has 2 aromatic carbocycles. The third-order valence-electron chi connectivity index (χ3n) is 7.33. The maximum Gasteiger partial charge on any atom is 0.416 e. The third-order valence-corrected chi connectivity index (χ3v) is 8.63. The highest BCUT2D eigenvalue weighted by Gasteiger charge is 2.45. The van der Waals surface area contributed by atoms with Crippen LogP contribution >= 0.6 is 23.4 Å². The van der Waals surface area contributed by atoms with Crippen molar-refractivity contribution in [1.29, 1.82) is 0 Å². The van der Waals surface area contributed by atoms with Crippen molar-refractivity contribution in [3.63, 3.8) is 0 Å². The van der Waals surface area contributed by atoms with Crippen molar-refractivity contribution in [3.8, 4) is 11.4 Å². The Hall–Kier alpha value is -3.17. The highest BCUT2D eigenvalue weighted by Crippen LogP contribution is 2.52. The Kier molecular flexibility index (Phi) is 5.51. The van der Waals surface area contributed by atoms with Gasteiger partial charge in [-0.3, -0.25) is 9.36 Å². The van der Waals surface area contributed by atoms with Gasteiger partial charge >= 0.3 is 11.8 Å². The standard InChI is InChI=1S/C27H19ClF3NO4S/c28-15-6-9-18-17(12-15)26(10-2-1-3-11-26)20-13-19-21(24(34)32(18)20)22(33)23(25(35)36-19)37-16-7-4-14(5-8-16)27(29,30)31/h4-9,12-13,33H,1-3,10-11H2. The maximum atomic E-state index is 13.9. The summed E-state index contributed by atoms with van der Waals surface area (Å²) in [5, 5.41) is 11.5. The lowest BCUT2D eigenvalue weighted by Gasteiger charge is -2.34. The molecule has 0 bridgehead atoms. The Morgan fingerprint density at radius 1 is 1.00 bits per heavy atom. The first-order chi connectivity index (χ1) is 17.6. The first-order valence-electron chi connectivity index (χ1n) is 11.7. The highest BCUT2D eigenvalue weighted by molar-refractivity contribution is 7.99. The molecule has 0 atom stereocenters. The van der Waals surface area contributed by atoms with Crippen molar-refractivity contribution in [2.45, 2.75) is 53.5 Å². The molecule has 6 rings (SSSR count). The minimum absolute atomic E-state index is 0.0284. The fraction of sp³-hybridized carbons (Fsp3) is 0.259. The molecule has 0 radical (unpaired) electrons. The summed E-state index contributed by atoms with van der Waals surface area (Å²) < 4.78 is 45.8. The summed E-state index contributed by atoms with van der Waals surface area (Å²) in [5.41, 5.74) is -0.412. The van der Waals surface area contributed by atoms with Gasteiger partial charge in [0, 0.05) is 27.1 Å². The van der Waals surface area contributed by atoms with Crippen LogP contribution in [-0.4, -0.2) is 9.67 Å². The maximum absolute atomic E-state index is 13.9. The van der Waals surface area contributed by atoms with Gasteiger partial charge in [0.2, 0.25) is 0 Å². The molecule has 1 aliphatic carbocycles. The minimum atomic E-state index is -4.50. The van der Waals surface area contributed by atoms with Gasteiger partial charge in [0.1, 0.15) is 15.9 Å². The van der Waals surface area contributed by atoms with E-state index in [2.05, 4.69) is 0 Å². The number of aromatic nitrogens is 1. The molecule has 1 N–H and O–H groups in total. The monoisotopic (exact) mass is 545 g/mol. The van der Waals surface area contributed by atoms with Crippen molar-refractivity contribution in [2.75, 3.05) is 0 Å². The van der Waals surface area contributed by atoms with Gasteiger partial charge in [-0.05, 0) is 60.9 Å². The predicted octanol–water partition coefficient (Wildman–Crippen LogP) is 7.04. The van der Waals surface area contributed by atoms with E-state index in [1.165, 1.54) is 12.1 Å². The first kappa shape index (κ1) is 24.2. The number of halogens is 4. The Labute approximate surface area is 217 Å². The SMILES string of the molecule is O=c1oc2cc3n(c(=O)c2c(O)c1Sc1ccc(C(F)(F)F)cc1)-c1ccc(Cl)cc1C31CCCCC1. The van der Waals surface area contributed by atoms with Crippen LogP contribution in [0.3, 0.4) is 0 Å². The molecule has 5 nitrogen and oxygen atoms in total. The lowest BCUT2D eigenvalue weighted by atomic mass is 9.68. The second kappa shape index (κ2) is 8.43. The van der Waals surface area contributed by atoms with Crippen LogP contribution in [-0.2, 0) is 11.6 Å². The summed E-state index contributed by atoms with van der Waals surface area (Å²) in [4.78, 5) is 26.7. The number of hydrogen-bond donors (Lipinski definition) is 1. The predicted molar refractivity (Wildman–Crippen MR) is 134 cm³/mol. The zero-order valence-electron chi connectivity index (χ0n) is 19.2. The average Bonchev–Trinajstić information content (AvgIpc) is 3.10. The number of benzene rings is 2. The summed E-state index contributed by atoms with van der Waals surface area (Å²) >= 11 is 7.08. The van der Waals surface area contributed by atoms with Gasteiger partial charge in [0.25, 0.3) is 5.56 Å². The largest absolute Gasteiger partial charge is 0.505 e. The lowest BCUT2D eigenvalue weighted by Crippen LogP contribution is -2.31. The zero-order chi connectivity index (χ0) is 26.1. The van der Waals surface area contributed by atoms with Crippen LogP contribution in [0.2, 0.25) is 5.02 Å². The van der Waals surface area contributed by atoms with Gasteiger partial charge in [0.15, 0.2) is 5.75 Å². The number of fused-ring (bicyclic) bond motifs is 6. The number of rotatable bonds is 2. The summed E-state index contributed by atoms with van der Waals surface area (Å²) in [6.45, 7) is 0. The molecule has 3 heterocycles. The van der Waals surface area contributed by atoms with Crippen molar-refractivity contribution < 1.29 is 22.7 Å². The van der Waals surface area contributed by atoms with Crippen LogP contribution in [0.1, 0.15) is 48.9 Å². The summed E-state index contributed by atoms with van der Waals surface area (Å²) in [7, 11) is 0. The van der Waals surface area contributed by atoms with E-state index < -0.39 is 34.1 Å². The number of alkyl halides is 3. The van der Waals surface area contributed by atoms with Crippen molar-refractivity contribution in [1.82, 2.24) is 4.57 Å². The van der Waals surface area contributed by atoms with E-state index in [1.807, 2.05) is 6.07 Å². The Morgan fingerprint density at radius 3 is 2.38 bits per heavy atom. The second-order valence-corrected chi connectivity index (χ2v) is 10.9. The van der Waals surface area contributed by atoms with Crippen molar-refractivity contribution >= 4 is 34.3 Å². The summed E-state index contributed by atoms with van der Waals surface area (Å²) in [6.07, 6.45) is 0.132. The van der Waals surface area contributed by atoms with Crippen LogP contribution in [0.5, 0.6) is 5.75 Å². The molecular formula is C27H19ClF3NO4S. The Bertz CT molecular complexity index is 1690. The zero-order valence-corrected chi connectivity index (χ0v) is 20.8. The van der Waals surface area contributed by atoms with E-state index in [9.17, 15) is 27.9 Å². The molecule has 1 spiro atoms. The molecule has 10 heteroatoms. The van der Waals surface area contributed by atoms with E-state index in [0.29, 0.717) is 16.4 Å². The Morgan fingerprint density at radius 2 is 1.70 bits per heavy atom. The fourth-order valence-electron chi connectivity index (χ4n) is 5.66. The van der Waals surface area contributed by atoms with Crippen LogP contribution < -0.4 is 11.2 Å². The smallest absolute Gasteiger partial charge is 0.416 e. The third kappa shape index (κ3) is 3.70. The summed E-state index contributed by atoms with van der Waals surface area (Å²) in [5.74, 6) is -0.559. The quantitative estimate of drug-likeness (QED) is 0.292. The molecule has 190 valence electrons. The molecule has 1 aliphatic heterocycles. The number of nitrogens with zero attached hydrogens (tertiary/aromatic N) is 1. The van der Waals surface area contributed by atoms with Gasteiger partial charge in [-0.2, -0.15) is 13.2 Å². The van der Waals surface area contributed by atoms with E-state index in [4.69, 9.17) is 16.0 Å². The average molecular weight is 546 g/mol. The van der Waals surface area contributed by atoms with Crippen molar-refractivity contribution in [2.24, 2.45) is 0 Å². The molecule has 2 aromatic heterocycles.